The van der Waals surface area contributed by atoms with Crippen molar-refractivity contribution in [1.29, 1.82) is 0 Å². The van der Waals surface area contributed by atoms with Gasteiger partial charge in [-0.3, -0.25) is 4.79 Å². The maximum atomic E-state index is 11.7. The number of nitrogens with one attached hydrogen (secondary N) is 2. The molecule has 1 unspecified atom stereocenters. The van der Waals surface area contributed by atoms with Crippen LogP contribution in [-0.4, -0.2) is 25.6 Å². The molecule has 0 radical (unpaired) electrons. The van der Waals surface area contributed by atoms with Crippen molar-refractivity contribution < 1.29 is 9.53 Å². The normalized spacial score (nSPS) is 11.5. The lowest BCUT2D eigenvalue weighted by Crippen LogP contribution is -2.37. The first-order valence-corrected chi connectivity index (χ1v) is 6.35. The van der Waals surface area contributed by atoms with E-state index in [1.54, 1.807) is 0 Å². The average molecular weight is 262 g/mol. The van der Waals surface area contributed by atoms with Crippen LogP contribution in [0.15, 0.2) is 36.5 Å². The summed E-state index contributed by atoms with van der Waals surface area (Å²) in [7, 11) is 1.82. The van der Waals surface area contributed by atoms with Crippen LogP contribution in [0, 0.1) is 6.92 Å². The van der Waals surface area contributed by atoms with Crippen molar-refractivity contribution in [3.8, 4) is 5.75 Å². The molecule has 0 fully saturated rings. The third-order valence-corrected chi connectivity index (χ3v) is 2.70. The molecule has 0 spiro atoms. The Kier molecular flexibility index (Phi) is 5.93. The summed E-state index contributed by atoms with van der Waals surface area (Å²) in [6.45, 7) is 7.80. The van der Waals surface area contributed by atoms with E-state index in [0.717, 1.165) is 11.3 Å². The molecule has 0 saturated heterocycles. The minimum absolute atomic E-state index is 0.0272. The van der Waals surface area contributed by atoms with Crippen LogP contribution in [0.5, 0.6) is 5.75 Å². The Morgan fingerprint density at radius 3 is 2.58 bits per heavy atom. The molecule has 4 heteroatoms. The van der Waals surface area contributed by atoms with E-state index in [0.29, 0.717) is 12.2 Å². The van der Waals surface area contributed by atoms with Crippen molar-refractivity contribution >= 4 is 5.91 Å². The predicted molar refractivity (Wildman–Crippen MR) is 77.1 cm³/mol. The van der Waals surface area contributed by atoms with Crippen LogP contribution in [0.1, 0.15) is 18.9 Å². The van der Waals surface area contributed by atoms with Crippen molar-refractivity contribution in [2.45, 2.75) is 26.3 Å². The van der Waals surface area contributed by atoms with Gasteiger partial charge in [-0.1, -0.05) is 24.3 Å². The second-order valence-electron chi connectivity index (χ2n) is 4.63. The monoisotopic (exact) mass is 262 g/mol. The first kappa shape index (κ1) is 15.1. The Labute approximate surface area is 114 Å². The lowest BCUT2D eigenvalue weighted by molar-refractivity contribution is -0.123. The Balaban J connectivity index is 2.31. The molecule has 104 valence electrons. The van der Waals surface area contributed by atoms with Crippen LogP contribution in [0.4, 0.5) is 0 Å². The molecule has 0 aliphatic rings. The van der Waals surface area contributed by atoms with Gasteiger partial charge in [-0.15, -0.1) is 0 Å². The quantitative estimate of drug-likeness (QED) is 0.790. The van der Waals surface area contributed by atoms with Crippen molar-refractivity contribution in [3.05, 3.63) is 42.1 Å². The van der Waals surface area contributed by atoms with Crippen LogP contribution < -0.4 is 15.4 Å². The number of ether oxygens (including phenoxy) is 1. The zero-order valence-electron chi connectivity index (χ0n) is 11.8. The highest BCUT2D eigenvalue weighted by molar-refractivity contribution is 5.77. The maximum Gasteiger partial charge on any atom is 0.258 e. The third-order valence-electron chi connectivity index (χ3n) is 2.70. The highest BCUT2D eigenvalue weighted by atomic mass is 16.5. The number of hydrogen-bond acceptors (Lipinski definition) is 3. The Hall–Kier alpha value is -1.97. The van der Waals surface area contributed by atoms with Gasteiger partial charge in [-0.25, -0.2) is 0 Å². The van der Waals surface area contributed by atoms with Crippen LogP contribution in [-0.2, 0) is 4.79 Å². The molecule has 1 aromatic rings. The molecule has 1 atom stereocenters. The van der Waals surface area contributed by atoms with Gasteiger partial charge in [0, 0.05) is 25.2 Å². The minimum Gasteiger partial charge on any atom is -0.484 e. The molecule has 4 nitrogen and oxygen atoms in total. The number of aryl methyl sites for hydroxylation is 1. The summed E-state index contributed by atoms with van der Waals surface area (Å²) in [6, 6.07) is 7.65. The topological polar surface area (TPSA) is 50.4 Å². The van der Waals surface area contributed by atoms with E-state index in [1.165, 1.54) is 0 Å². The molecule has 1 rings (SSSR count). The summed E-state index contributed by atoms with van der Waals surface area (Å²) in [5.41, 5.74) is 2.06. The van der Waals surface area contributed by atoms with E-state index < -0.39 is 0 Å². The summed E-state index contributed by atoms with van der Waals surface area (Å²) in [5, 5.41) is 5.82. The fraction of sp³-hybridized carbons (Fsp3) is 0.400. The van der Waals surface area contributed by atoms with Gasteiger partial charge in [0.1, 0.15) is 5.75 Å². The molecule has 19 heavy (non-hydrogen) atoms. The molecule has 1 amide bonds. The predicted octanol–water partition coefficient (Wildman–Crippen LogP) is 2.00. The molecule has 1 aromatic carbocycles. The summed E-state index contributed by atoms with van der Waals surface area (Å²) < 4.78 is 5.40. The Bertz CT molecular complexity index is 426. The van der Waals surface area contributed by atoms with Crippen LogP contribution in [0.25, 0.3) is 0 Å². The number of carbonyl (C=O) groups excluding carboxylic acids is 1. The van der Waals surface area contributed by atoms with E-state index >= 15 is 0 Å². The highest BCUT2D eigenvalue weighted by Crippen LogP contribution is 2.11. The van der Waals surface area contributed by atoms with Crippen molar-refractivity contribution in [2.75, 3.05) is 13.7 Å². The highest BCUT2D eigenvalue weighted by Gasteiger charge is 2.08. The molecule has 0 bridgehead atoms. The summed E-state index contributed by atoms with van der Waals surface area (Å²) >= 11 is 0. The van der Waals surface area contributed by atoms with E-state index in [-0.39, 0.29) is 18.6 Å². The van der Waals surface area contributed by atoms with Gasteiger partial charge >= 0.3 is 0 Å². The van der Waals surface area contributed by atoms with E-state index in [4.69, 9.17) is 4.74 Å². The van der Waals surface area contributed by atoms with Crippen LogP contribution in [0.2, 0.25) is 0 Å². The first-order valence-electron chi connectivity index (χ1n) is 6.35. The Morgan fingerprint density at radius 1 is 1.37 bits per heavy atom. The second kappa shape index (κ2) is 7.46. The summed E-state index contributed by atoms with van der Waals surface area (Å²) in [6.07, 6.45) is 0.701. The molecular weight excluding hydrogens is 240 g/mol. The zero-order valence-corrected chi connectivity index (χ0v) is 11.8. The summed E-state index contributed by atoms with van der Waals surface area (Å²) in [5.74, 6) is 0.574. The van der Waals surface area contributed by atoms with E-state index in [9.17, 15) is 4.79 Å². The number of hydrogen-bond donors (Lipinski definition) is 2. The number of rotatable bonds is 7. The number of benzene rings is 1. The molecule has 0 aliphatic heterocycles. The SMILES string of the molecule is C=C(CC(C)NC(=O)COc1ccc(C)cc1)NC. The van der Waals surface area contributed by atoms with Gasteiger partial charge in [0.25, 0.3) is 5.91 Å². The van der Waals surface area contributed by atoms with Gasteiger partial charge in [0.15, 0.2) is 6.61 Å². The molecule has 0 saturated carbocycles. The van der Waals surface area contributed by atoms with Crippen molar-refractivity contribution in [2.24, 2.45) is 0 Å². The molecule has 0 aliphatic carbocycles. The van der Waals surface area contributed by atoms with Crippen molar-refractivity contribution in [3.63, 3.8) is 0 Å². The van der Waals surface area contributed by atoms with Crippen molar-refractivity contribution in [1.82, 2.24) is 10.6 Å². The third kappa shape index (κ3) is 5.95. The van der Waals surface area contributed by atoms with Crippen LogP contribution >= 0.6 is 0 Å². The maximum absolute atomic E-state index is 11.7. The lowest BCUT2D eigenvalue weighted by Gasteiger charge is -2.15. The van der Waals surface area contributed by atoms with Gasteiger partial charge in [-0.2, -0.15) is 0 Å². The fourth-order valence-electron chi connectivity index (χ4n) is 1.62. The van der Waals surface area contributed by atoms with E-state index in [1.807, 2.05) is 45.2 Å². The molecule has 0 heterocycles. The standard InChI is InChI=1S/C15H22N2O2/c1-11-5-7-14(8-6-11)19-10-15(18)17-13(3)9-12(2)16-4/h5-8,13,16H,2,9-10H2,1,3-4H3,(H,17,18). The zero-order chi connectivity index (χ0) is 14.3. The molecular formula is C15H22N2O2. The first-order chi connectivity index (χ1) is 9.01. The van der Waals surface area contributed by atoms with Gasteiger partial charge < -0.3 is 15.4 Å². The summed E-state index contributed by atoms with van der Waals surface area (Å²) in [4.78, 5) is 11.7. The van der Waals surface area contributed by atoms with Gasteiger partial charge in [-0.05, 0) is 26.0 Å². The minimum atomic E-state index is -0.128. The smallest absolute Gasteiger partial charge is 0.258 e. The fourth-order valence-corrected chi connectivity index (χ4v) is 1.62. The Morgan fingerprint density at radius 2 is 2.00 bits per heavy atom. The number of amides is 1. The second-order valence-corrected chi connectivity index (χ2v) is 4.63. The van der Waals surface area contributed by atoms with E-state index in [2.05, 4.69) is 17.2 Å². The van der Waals surface area contributed by atoms with Gasteiger partial charge in [0.05, 0.1) is 0 Å². The van der Waals surface area contributed by atoms with Gasteiger partial charge in [0.2, 0.25) is 0 Å². The number of carbonyl (C=O) groups is 1. The lowest BCUT2D eigenvalue weighted by atomic mass is 10.2. The molecule has 2 N–H and O–H groups in total. The molecule has 0 aromatic heterocycles. The average Bonchev–Trinajstić information content (AvgIpc) is 2.37. The largest absolute Gasteiger partial charge is 0.484 e. The van der Waals surface area contributed by atoms with Crippen LogP contribution in [0.3, 0.4) is 0 Å².